The van der Waals surface area contributed by atoms with Crippen molar-refractivity contribution in [2.45, 2.75) is 39.5 Å². The Kier molecular flexibility index (Phi) is 2.90. The average Bonchev–Trinajstić information content (AvgIpc) is 2.27. The molecular formula is C14H18N2. The van der Waals surface area contributed by atoms with Gasteiger partial charge in [-0.3, -0.25) is 0 Å². The minimum atomic E-state index is 0.507. The molecule has 0 aliphatic rings. The molecule has 1 aromatic carbocycles. The average molecular weight is 214 g/mol. The van der Waals surface area contributed by atoms with Crippen molar-refractivity contribution in [1.82, 2.24) is 9.97 Å². The van der Waals surface area contributed by atoms with E-state index in [1.54, 1.807) is 6.33 Å². The van der Waals surface area contributed by atoms with E-state index >= 15 is 0 Å². The number of rotatable bonds is 2. The zero-order valence-corrected chi connectivity index (χ0v) is 10.4. The number of fused-ring (bicyclic) bond motifs is 1. The van der Waals surface area contributed by atoms with Crippen LogP contribution in [0.25, 0.3) is 10.9 Å². The van der Waals surface area contributed by atoms with Gasteiger partial charge in [-0.15, -0.1) is 0 Å². The Labute approximate surface area is 96.7 Å². The van der Waals surface area contributed by atoms with Crippen LogP contribution in [-0.4, -0.2) is 9.97 Å². The lowest BCUT2D eigenvalue weighted by Gasteiger charge is -2.17. The van der Waals surface area contributed by atoms with E-state index in [1.165, 1.54) is 16.5 Å². The Morgan fingerprint density at radius 1 is 1.00 bits per heavy atom. The first kappa shape index (κ1) is 11.1. The third-order valence-electron chi connectivity index (χ3n) is 2.96. The molecule has 0 spiro atoms. The molecule has 0 amide bonds. The Balaban J connectivity index is 2.79. The van der Waals surface area contributed by atoms with Crippen LogP contribution in [-0.2, 0) is 0 Å². The minimum absolute atomic E-state index is 0.507. The van der Waals surface area contributed by atoms with Gasteiger partial charge in [-0.05, 0) is 29.0 Å². The van der Waals surface area contributed by atoms with Gasteiger partial charge in [0, 0.05) is 11.6 Å². The van der Waals surface area contributed by atoms with Gasteiger partial charge < -0.3 is 0 Å². The molecule has 1 aromatic heterocycles. The van der Waals surface area contributed by atoms with Crippen molar-refractivity contribution < 1.29 is 0 Å². The van der Waals surface area contributed by atoms with Crippen LogP contribution < -0.4 is 0 Å². The summed E-state index contributed by atoms with van der Waals surface area (Å²) in [6.45, 7) is 8.93. The van der Waals surface area contributed by atoms with Gasteiger partial charge in [-0.25, -0.2) is 9.97 Å². The monoisotopic (exact) mass is 214 g/mol. The van der Waals surface area contributed by atoms with Crippen LogP contribution in [0.4, 0.5) is 0 Å². The molecule has 0 radical (unpaired) electrons. The third kappa shape index (κ3) is 1.80. The standard InChI is InChI=1S/C14H18N2/c1-9(2)11-5-6-13-12(7-15-8-16-13)14(11)10(3)4/h5-10H,1-4H3. The largest absolute Gasteiger partial charge is 0.244 e. The number of benzene rings is 1. The molecule has 0 saturated carbocycles. The van der Waals surface area contributed by atoms with Gasteiger partial charge in [-0.1, -0.05) is 33.8 Å². The van der Waals surface area contributed by atoms with Gasteiger partial charge in [0.15, 0.2) is 0 Å². The lowest BCUT2D eigenvalue weighted by atomic mass is 9.88. The van der Waals surface area contributed by atoms with Crippen molar-refractivity contribution in [3.05, 3.63) is 35.8 Å². The van der Waals surface area contributed by atoms with E-state index in [2.05, 4.69) is 49.8 Å². The molecule has 0 N–H and O–H groups in total. The molecule has 2 heteroatoms. The lowest BCUT2D eigenvalue weighted by molar-refractivity contribution is 0.797. The SMILES string of the molecule is CC(C)c1ccc2ncncc2c1C(C)C. The topological polar surface area (TPSA) is 25.8 Å². The van der Waals surface area contributed by atoms with E-state index in [4.69, 9.17) is 0 Å². The summed E-state index contributed by atoms with van der Waals surface area (Å²) in [5, 5.41) is 1.20. The van der Waals surface area contributed by atoms with Crippen LogP contribution in [0.3, 0.4) is 0 Å². The molecule has 2 nitrogen and oxygen atoms in total. The highest BCUT2D eigenvalue weighted by molar-refractivity contribution is 5.83. The van der Waals surface area contributed by atoms with Gasteiger partial charge in [0.2, 0.25) is 0 Å². The predicted molar refractivity (Wildman–Crippen MR) is 67.7 cm³/mol. The van der Waals surface area contributed by atoms with Crippen molar-refractivity contribution in [2.24, 2.45) is 0 Å². The Morgan fingerprint density at radius 3 is 2.38 bits per heavy atom. The molecular weight excluding hydrogens is 196 g/mol. The van der Waals surface area contributed by atoms with E-state index in [9.17, 15) is 0 Å². The van der Waals surface area contributed by atoms with Crippen molar-refractivity contribution in [2.75, 3.05) is 0 Å². The van der Waals surface area contributed by atoms with Crippen molar-refractivity contribution >= 4 is 10.9 Å². The van der Waals surface area contributed by atoms with Crippen LogP contribution in [0.15, 0.2) is 24.7 Å². The summed E-state index contributed by atoms with van der Waals surface area (Å²) in [5.74, 6) is 1.05. The van der Waals surface area contributed by atoms with E-state index in [0.717, 1.165) is 5.52 Å². The summed E-state index contributed by atoms with van der Waals surface area (Å²) < 4.78 is 0. The fraction of sp³-hybridized carbons (Fsp3) is 0.429. The smallest absolute Gasteiger partial charge is 0.116 e. The van der Waals surface area contributed by atoms with Crippen molar-refractivity contribution in [1.29, 1.82) is 0 Å². The maximum absolute atomic E-state index is 4.31. The number of aromatic nitrogens is 2. The zero-order chi connectivity index (χ0) is 11.7. The molecule has 2 rings (SSSR count). The normalized spacial score (nSPS) is 11.6. The van der Waals surface area contributed by atoms with Crippen LogP contribution >= 0.6 is 0 Å². The van der Waals surface area contributed by atoms with Gasteiger partial charge in [-0.2, -0.15) is 0 Å². The second-order valence-corrected chi connectivity index (χ2v) is 4.83. The molecule has 2 aromatic rings. The molecule has 0 fully saturated rings. The molecule has 84 valence electrons. The molecule has 0 unspecified atom stereocenters. The van der Waals surface area contributed by atoms with Crippen molar-refractivity contribution in [3.63, 3.8) is 0 Å². The maximum atomic E-state index is 4.31. The Hall–Kier alpha value is -1.44. The number of hydrogen-bond donors (Lipinski definition) is 0. The van der Waals surface area contributed by atoms with E-state index in [-0.39, 0.29) is 0 Å². The molecule has 16 heavy (non-hydrogen) atoms. The summed E-state index contributed by atoms with van der Waals surface area (Å²) in [4.78, 5) is 8.46. The maximum Gasteiger partial charge on any atom is 0.116 e. The van der Waals surface area contributed by atoms with Gasteiger partial charge in [0.1, 0.15) is 6.33 Å². The first-order valence-corrected chi connectivity index (χ1v) is 5.83. The minimum Gasteiger partial charge on any atom is -0.244 e. The molecule has 0 saturated heterocycles. The van der Waals surface area contributed by atoms with Crippen LogP contribution in [0.5, 0.6) is 0 Å². The molecule has 1 heterocycles. The molecule has 0 aliphatic carbocycles. The van der Waals surface area contributed by atoms with E-state index < -0.39 is 0 Å². The Bertz CT molecular complexity index is 501. The van der Waals surface area contributed by atoms with Gasteiger partial charge >= 0.3 is 0 Å². The fourth-order valence-corrected chi connectivity index (χ4v) is 2.24. The Morgan fingerprint density at radius 2 is 1.75 bits per heavy atom. The summed E-state index contributed by atoms with van der Waals surface area (Å²) in [7, 11) is 0. The van der Waals surface area contributed by atoms with E-state index in [0.29, 0.717) is 11.8 Å². The summed E-state index contributed by atoms with van der Waals surface area (Å²) in [6, 6.07) is 4.30. The second-order valence-electron chi connectivity index (χ2n) is 4.83. The summed E-state index contributed by atoms with van der Waals surface area (Å²) >= 11 is 0. The highest BCUT2D eigenvalue weighted by atomic mass is 14.8. The van der Waals surface area contributed by atoms with Crippen molar-refractivity contribution in [3.8, 4) is 0 Å². The van der Waals surface area contributed by atoms with Crippen LogP contribution in [0.2, 0.25) is 0 Å². The lowest BCUT2D eigenvalue weighted by Crippen LogP contribution is -2.00. The third-order valence-corrected chi connectivity index (χ3v) is 2.96. The van der Waals surface area contributed by atoms with Gasteiger partial charge in [0.25, 0.3) is 0 Å². The highest BCUT2D eigenvalue weighted by Crippen LogP contribution is 2.31. The fourth-order valence-electron chi connectivity index (χ4n) is 2.24. The quantitative estimate of drug-likeness (QED) is 0.758. The molecule has 0 atom stereocenters. The predicted octanol–water partition coefficient (Wildman–Crippen LogP) is 3.88. The van der Waals surface area contributed by atoms with Crippen LogP contribution in [0.1, 0.15) is 50.7 Å². The van der Waals surface area contributed by atoms with E-state index in [1.807, 2.05) is 6.20 Å². The van der Waals surface area contributed by atoms with Crippen LogP contribution in [0, 0.1) is 0 Å². The van der Waals surface area contributed by atoms with Gasteiger partial charge in [0.05, 0.1) is 5.52 Å². The highest BCUT2D eigenvalue weighted by Gasteiger charge is 2.13. The number of hydrogen-bond acceptors (Lipinski definition) is 2. The summed E-state index contributed by atoms with van der Waals surface area (Å²) in [6.07, 6.45) is 3.55. The molecule has 0 bridgehead atoms. The summed E-state index contributed by atoms with van der Waals surface area (Å²) in [5.41, 5.74) is 3.86. The number of nitrogens with zero attached hydrogens (tertiary/aromatic N) is 2. The second kappa shape index (κ2) is 4.20. The molecule has 0 aliphatic heterocycles. The first-order chi connectivity index (χ1) is 7.61. The first-order valence-electron chi connectivity index (χ1n) is 5.83. The zero-order valence-electron chi connectivity index (χ0n) is 10.4.